The first-order valence-corrected chi connectivity index (χ1v) is 5.40. The third-order valence-electron chi connectivity index (χ3n) is 2.10. The van der Waals surface area contributed by atoms with Crippen molar-refractivity contribution in [3.8, 4) is 10.6 Å². The lowest BCUT2D eigenvalue weighted by Gasteiger charge is -1.96. The van der Waals surface area contributed by atoms with Crippen LogP contribution in [0.25, 0.3) is 10.6 Å². The first-order chi connectivity index (χ1) is 8.00. The van der Waals surface area contributed by atoms with Crippen molar-refractivity contribution in [3.63, 3.8) is 0 Å². The SMILES string of the molecule is Cc1ccc(-c2noc(C(F)F)c2C(=O)O)s1. The second-order valence-electron chi connectivity index (χ2n) is 3.29. The molecule has 0 aliphatic rings. The number of carboxylic acids is 1. The van der Waals surface area contributed by atoms with Gasteiger partial charge in [-0.2, -0.15) is 0 Å². The monoisotopic (exact) mass is 259 g/mol. The van der Waals surface area contributed by atoms with Gasteiger partial charge in [0.25, 0.3) is 6.43 Å². The molecule has 17 heavy (non-hydrogen) atoms. The second-order valence-corrected chi connectivity index (χ2v) is 4.57. The molecule has 2 aromatic rings. The van der Waals surface area contributed by atoms with Gasteiger partial charge >= 0.3 is 5.97 Å². The highest BCUT2D eigenvalue weighted by atomic mass is 32.1. The van der Waals surface area contributed by atoms with Gasteiger partial charge in [-0.25, -0.2) is 13.6 Å². The first-order valence-electron chi connectivity index (χ1n) is 4.58. The number of halogens is 2. The van der Waals surface area contributed by atoms with E-state index in [0.29, 0.717) is 4.88 Å². The summed E-state index contributed by atoms with van der Waals surface area (Å²) in [6, 6.07) is 3.38. The zero-order valence-corrected chi connectivity index (χ0v) is 9.42. The lowest BCUT2D eigenvalue weighted by atomic mass is 10.1. The van der Waals surface area contributed by atoms with E-state index in [1.807, 2.05) is 6.92 Å². The minimum Gasteiger partial charge on any atom is -0.477 e. The molecule has 0 aromatic carbocycles. The standard InChI is InChI=1S/C10H7F2NO3S/c1-4-2-3-5(17-4)7-6(10(14)15)8(9(11)12)16-13-7/h2-3,9H,1H3,(H,14,15). The van der Waals surface area contributed by atoms with Gasteiger partial charge in [-0.1, -0.05) is 5.16 Å². The Bertz CT molecular complexity index is 562. The fourth-order valence-electron chi connectivity index (χ4n) is 1.39. The first kappa shape index (κ1) is 11.7. The van der Waals surface area contributed by atoms with E-state index in [-0.39, 0.29) is 5.69 Å². The summed E-state index contributed by atoms with van der Waals surface area (Å²) >= 11 is 1.27. The Morgan fingerprint density at radius 1 is 1.53 bits per heavy atom. The molecule has 0 bridgehead atoms. The summed E-state index contributed by atoms with van der Waals surface area (Å²) in [7, 11) is 0. The number of hydrogen-bond acceptors (Lipinski definition) is 4. The van der Waals surface area contributed by atoms with Crippen LogP contribution in [0, 0.1) is 6.92 Å². The molecular formula is C10H7F2NO3S. The van der Waals surface area contributed by atoms with E-state index in [9.17, 15) is 13.6 Å². The molecule has 2 aromatic heterocycles. The lowest BCUT2D eigenvalue weighted by Crippen LogP contribution is -2.01. The van der Waals surface area contributed by atoms with E-state index in [1.165, 1.54) is 11.3 Å². The van der Waals surface area contributed by atoms with Crippen molar-refractivity contribution in [3.05, 3.63) is 28.3 Å². The number of alkyl halides is 2. The molecule has 0 saturated carbocycles. The van der Waals surface area contributed by atoms with E-state index < -0.39 is 23.7 Å². The fraction of sp³-hybridized carbons (Fsp3) is 0.200. The minimum atomic E-state index is -3.00. The molecule has 1 N–H and O–H groups in total. The molecule has 7 heteroatoms. The number of rotatable bonds is 3. The topological polar surface area (TPSA) is 63.3 Å². The van der Waals surface area contributed by atoms with E-state index in [2.05, 4.69) is 9.68 Å². The molecule has 0 aliphatic heterocycles. The zero-order valence-electron chi connectivity index (χ0n) is 8.61. The van der Waals surface area contributed by atoms with Gasteiger partial charge in [-0.05, 0) is 19.1 Å². The molecule has 0 aliphatic carbocycles. The Morgan fingerprint density at radius 2 is 2.24 bits per heavy atom. The Morgan fingerprint density at radius 3 is 2.71 bits per heavy atom. The number of carboxylic acid groups (broad SMARTS) is 1. The van der Waals surface area contributed by atoms with Crippen molar-refractivity contribution in [1.29, 1.82) is 0 Å². The van der Waals surface area contributed by atoms with Gasteiger partial charge in [0.15, 0.2) is 0 Å². The van der Waals surface area contributed by atoms with Gasteiger partial charge in [-0.3, -0.25) is 0 Å². The highest BCUT2D eigenvalue weighted by molar-refractivity contribution is 7.15. The predicted molar refractivity (Wildman–Crippen MR) is 56.5 cm³/mol. The second kappa shape index (κ2) is 4.25. The van der Waals surface area contributed by atoms with Gasteiger partial charge in [0, 0.05) is 4.88 Å². The smallest absolute Gasteiger partial charge is 0.341 e. The number of aromatic nitrogens is 1. The zero-order chi connectivity index (χ0) is 12.6. The lowest BCUT2D eigenvalue weighted by molar-refractivity contribution is 0.0670. The van der Waals surface area contributed by atoms with Crippen LogP contribution in [0.1, 0.15) is 27.4 Å². The van der Waals surface area contributed by atoms with Gasteiger partial charge < -0.3 is 9.63 Å². The normalized spacial score (nSPS) is 11.1. The fourth-order valence-corrected chi connectivity index (χ4v) is 2.24. The average molecular weight is 259 g/mol. The summed E-state index contributed by atoms with van der Waals surface area (Å²) in [6.07, 6.45) is -3.00. The number of thiophene rings is 1. The number of carbonyl (C=O) groups is 1. The predicted octanol–water partition coefficient (Wildman–Crippen LogP) is 3.35. The molecule has 90 valence electrons. The van der Waals surface area contributed by atoms with Crippen LogP contribution in [0.3, 0.4) is 0 Å². The molecule has 0 amide bonds. The van der Waals surface area contributed by atoms with Crippen LogP contribution in [-0.2, 0) is 0 Å². The van der Waals surface area contributed by atoms with E-state index in [0.717, 1.165) is 4.88 Å². The Labute approximate surface area is 98.5 Å². The highest BCUT2D eigenvalue weighted by Gasteiger charge is 2.29. The van der Waals surface area contributed by atoms with Crippen LogP contribution in [-0.4, -0.2) is 16.2 Å². The van der Waals surface area contributed by atoms with Crippen molar-refractivity contribution in [2.24, 2.45) is 0 Å². The molecule has 0 spiro atoms. The molecule has 0 saturated heterocycles. The molecule has 2 rings (SSSR count). The maximum atomic E-state index is 12.5. The van der Waals surface area contributed by atoms with Crippen LogP contribution in [0.5, 0.6) is 0 Å². The number of aryl methyl sites for hydroxylation is 1. The molecule has 2 heterocycles. The summed E-state index contributed by atoms with van der Waals surface area (Å²) < 4.78 is 29.5. The van der Waals surface area contributed by atoms with E-state index in [4.69, 9.17) is 5.11 Å². The number of hydrogen-bond donors (Lipinski definition) is 1. The van der Waals surface area contributed by atoms with Crippen molar-refractivity contribution in [2.75, 3.05) is 0 Å². The van der Waals surface area contributed by atoms with Gasteiger partial charge in [0.1, 0.15) is 11.3 Å². The molecular weight excluding hydrogens is 252 g/mol. The van der Waals surface area contributed by atoms with Gasteiger partial charge in [-0.15, -0.1) is 11.3 Å². The van der Waals surface area contributed by atoms with Crippen molar-refractivity contribution in [2.45, 2.75) is 13.3 Å². The maximum Gasteiger partial charge on any atom is 0.341 e. The van der Waals surface area contributed by atoms with Gasteiger partial charge in [0.05, 0.1) is 4.88 Å². The summed E-state index contributed by atoms with van der Waals surface area (Å²) in [6.45, 7) is 1.82. The number of nitrogens with zero attached hydrogens (tertiary/aromatic N) is 1. The maximum absolute atomic E-state index is 12.5. The Balaban J connectivity index is 2.59. The van der Waals surface area contributed by atoms with Crippen LogP contribution < -0.4 is 0 Å². The minimum absolute atomic E-state index is 0.0501. The summed E-state index contributed by atoms with van der Waals surface area (Å²) in [5.74, 6) is -2.37. The summed E-state index contributed by atoms with van der Waals surface area (Å²) in [5.41, 5.74) is -0.618. The molecule has 0 radical (unpaired) electrons. The van der Waals surface area contributed by atoms with E-state index in [1.54, 1.807) is 12.1 Å². The highest BCUT2D eigenvalue weighted by Crippen LogP contribution is 2.34. The van der Waals surface area contributed by atoms with Crippen molar-refractivity contribution >= 4 is 17.3 Å². The summed E-state index contributed by atoms with van der Waals surface area (Å²) in [4.78, 5) is 12.4. The summed E-state index contributed by atoms with van der Waals surface area (Å²) in [5, 5.41) is 12.3. The third-order valence-corrected chi connectivity index (χ3v) is 3.11. The quantitative estimate of drug-likeness (QED) is 0.918. The average Bonchev–Trinajstić information content (AvgIpc) is 2.82. The molecule has 0 unspecified atom stereocenters. The van der Waals surface area contributed by atoms with Crippen LogP contribution in [0.4, 0.5) is 8.78 Å². The van der Waals surface area contributed by atoms with Gasteiger partial charge in [0.2, 0.25) is 5.76 Å². The number of aromatic carboxylic acids is 1. The van der Waals surface area contributed by atoms with Crippen molar-refractivity contribution in [1.82, 2.24) is 5.16 Å². The Kier molecular flexibility index (Phi) is 2.93. The van der Waals surface area contributed by atoms with Crippen LogP contribution in [0.2, 0.25) is 0 Å². The van der Waals surface area contributed by atoms with Crippen LogP contribution >= 0.6 is 11.3 Å². The third kappa shape index (κ3) is 2.05. The largest absolute Gasteiger partial charge is 0.477 e. The van der Waals surface area contributed by atoms with E-state index >= 15 is 0 Å². The molecule has 0 fully saturated rings. The van der Waals surface area contributed by atoms with Crippen molar-refractivity contribution < 1.29 is 23.2 Å². The Hall–Kier alpha value is -1.76. The molecule has 0 atom stereocenters. The molecule has 4 nitrogen and oxygen atoms in total. The van der Waals surface area contributed by atoms with Crippen LogP contribution in [0.15, 0.2) is 16.7 Å².